The minimum absolute atomic E-state index is 0.0772. The van der Waals surface area contributed by atoms with Gasteiger partial charge in [0, 0.05) is 17.5 Å². The van der Waals surface area contributed by atoms with Gasteiger partial charge in [-0.1, -0.05) is 6.07 Å². The standard InChI is InChI=1S/C20H18F3NO3/c1-10-4-5-14(27-13-7-11(9-24)6-12(21)8-13)19(26-3)15(10)16-17(18(16)25)20(2,22)23/h4-8,16-18,25H,1-3H3. The Morgan fingerprint density at radius 3 is 2.48 bits per heavy atom. The summed E-state index contributed by atoms with van der Waals surface area (Å²) in [6, 6.07) is 8.60. The van der Waals surface area contributed by atoms with E-state index in [9.17, 15) is 18.3 Å². The van der Waals surface area contributed by atoms with Crippen LogP contribution in [0.4, 0.5) is 13.2 Å². The molecular weight excluding hydrogens is 359 g/mol. The topological polar surface area (TPSA) is 62.5 Å². The fraction of sp³-hybridized carbons (Fsp3) is 0.350. The molecule has 2 aromatic carbocycles. The highest BCUT2D eigenvalue weighted by Crippen LogP contribution is 2.59. The molecule has 0 bridgehead atoms. The number of rotatable bonds is 5. The number of aliphatic hydroxyl groups excluding tert-OH is 1. The van der Waals surface area contributed by atoms with E-state index in [1.807, 2.05) is 6.07 Å². The van der Waals surface area contributed by atoms with Crippen LogP contribution in [0.3, 0.4) is 0 Å². The van der Waals surface area contributed by atoms with Crippen molar-refractivity contribution in [3.8, 4) is 23.3 Å². The number of alkyl halides is 2. The van der Waals surface area contributed by atoms with Gasteiger partial charge in [0.2, 0.25) is 0 Å². The summed E-state index contributed by atoms with van der Waals surface area (Å²) in [5.74, 6) is -5.21. The zero-order valence-corrected chi connectivity index (χ0v) is 15.0. The van der Waals surface area contributed by atoms with E-state index in [2.05, 4.69) is 0 Å². The normalized spacial score (nSPS) is 21.5. The molecule has 4 nitrogen and oxygen atoms in total. The van der Waals surface area contributed by atoms with Crippen molar-refractivity contribution in [2.45, 2.75) is 31.8 Å². The number of aryl methyl sites for hydroxylation is 1. The second-order valence-electron chi connectivity index (χ2n) is 6.72. The highest BCUT2D eigenvalue weighted by atomic mass is 19.3. The first-order chi connectivity index (χ1) is 12.7. The number of nitrogens with zero attached hydrogens (tertiary/aromatic N) is 1. The van der Waals surface area contributed by atoms with Crippen LogP contribution in [0, 0.1) is 30.0 Å². The first-order valence-electron chi connectivity index (χ1n) is 8.29. The number of benzene rings is 2. The highest BCUT2D eigenvalue weighted by molar-refractivity contribution is 5.56. The fourth-order valence-corrected chi connectivity index (χ4v) is 3.46. The molecule has 1 fully saturated rings. The van der Waals surface area contributed by atoms with Gasteiger partial charge in [-0.15, -0.1) is 0 Å². The Kier molecular flexibility index (Phi) is 4.79. The van der Waals surface area contributed by atoms with E-state index in [1.165, 1.54) is 13.2 Å². The highest BCUT2D eigenvalue weighted by Gasteiger charge is 2.62. The van der Waals surface area contributed by atoms with E-state index in [4.69, 9.17) is 14.7 Å². The molecule has 1 aliphatic rings. The van der Waals surface area contributed by atoms with Crippen molar-refractivity contribution in [2.75, 3.05) is 7.11 Å². The summed E-state index contributed by atoms with van der Waals surface area (Å²) >= 11 is 0. The van der Waals surface area contributed by atoms with Gasteiger partial charge in [0.25, 0.3) is 5.92 Å². The van der Waals surface area contributed by atoms with E-state index < -0.39 is 29.7 Å². The summed E-state index contributed by atoms with van der Waals surface area (Å²) in [4.78, 5) is 0. The number of hydrogen-bond donors (Lipinski definition) is 1. The van der Waals surface area contributed by atoms with Crippen molar-refractivity contribution in [1.29, 1.82) is 5.26 Å². The molecule has 3 atom stereocenters. The summed E-state index contributed by atoms with van der Waals surface area (Å²) in [6.45, 7) is 2.51. The van der Waals surface area contributed by atoms with Crippen molar-refractivity contribution in [1.82, 2.24) is 0 Å². The summed E-state index contributed by atoms with van der Waals surface area (Å²) in [5, 5.41) is 19.0. The zero-order valence-electron chi connectivity index (χ0n) is 15.0. The predicted octanol–water partition coefficient (Wildman–Crippen LogP) is 4.54. The van der Waals surface area contributed by atoms with Crippen LogP contribution in [0.2, 0.25) is 0 Å². The molecule has 7 heteroatoms. The van der Waals surface area contributed by atoms with Gasteiger partial charge in [-0.05, 0) is 37.6 Å². The lowest BCUT2D eigenvalue weighted by atomic mass is 9.99. The number of aliphatic hydroxyl groups is 1. The van der Waals surface area contributed by atoms with Gasteiger partial charge >= 0.3 is 0 Å². The molecule has 0 aliphatic heterocycles. The molecule has 0 aromatic heterocycles. The molecule has 142 valence electrons. The van der Waals surface area contributed by atoms with Crippen LogP contribution >= 0.6 is 0 Å². The monoisotopic (exact) mass is 377 g/mol. The number of halogens is 3. The third-order valence-electron chi connectivity index (χ3n) is 4.71. The molecule has 1 saturated carbocycles. The van der Waals surface area contributed by atoms with Gasteiger partial charge in [0.05, 0.1) is 30.8 Å². The molecule has 0 amide bonds. The SMILES string of the molecule is COc1c(Oc2cc(F)cc(C#N)c2)ccc(C)c1C1C(O)C1C(C)(F)F. The number of hydrogen-bond acceptors (Lipinski definition) is 4. The summed E-state index contributed by atoms with van der Waals surface area (Å²) in [7, 11) is 1.37. The molecule has 3 rings (SSSR count). The van der Waals surface area contributed by atoms with Crippen molar-refractivity contribution < 1.29 is 27.8 Å². The van der Waals surface area contributed by atoms with Crippen molar-refractivity contribution in [3.63, 3.8) is 0 Å². The zero-order chi connectivity index (χ0) is 19.9. The lowest BCUT2D eigenvalue weighted by molar-refractivity contribution is -0.0167. The van der Waals surface area contributed by atoms with Crippen LogP contribution in [0.25, 0.3) is 0 Å². The third-order valence-corrected chi connectivity index (χ3v) is 4.71. The lowest BCUT2D eigenvalue weighted by Gasteiger charge is -2.17. The fourth-order valence-electron chi connectivity index (χ4n) is 3.46. The first kappa shape index (κ1) is 19.1. The third kappa shape index (κ3) is 3.58. The Balaban J connectivity index is 2.02. The largest absolute Gasteiger partial charge is 0.493 e. The van der Waals surface area contributed by atoms with Gasteiger partial charge in [-0.2, -0.15) is 5.26 Å². The number of nitriles is 1. The van der Waals surface area contributed by atoms with Crippen LogP contribution in [0.1, 0.15) is 29.5 Å². The van der Waals surface area contributed by atoms with Gasteiger partial charge < -0.3 is 14.6 Å². The maximum Gasteiger partial charge on any atom is 0.251 e. The molecule has 27 heavy (non-hydrogen) atoms. The van der Waals surface area contributed by atoms with E-state index >= 15 is 0 Å². The van der Waals surface area contributed by atoms with Crippen molar-refractivity contribution in [3.05, 3.63) is 52.8 Å². The van der Waals surface area contributed by atoms with E-state index in [0.29, 0.717) is 11.1 Å². The van der Waals surface area contributed by atoms with E-state index in [-0.39, 0.29) is 22.8 Å². The Morgan fingerprint density at radius 2 is 1.93 bits per heavy atom. The molecular formula is C20H18F3NO3. The van der Waals surface area contributed by atoms with Crippen LogP contribution in [-0.4, -0.2) is 24.2 Å². The average molecular weight is 377 g/mol. The second kappa shape index (κ2) is 6.78. The second-order valence-corrected chi connectivity index (χ2v) is 6.72. The lowest BCUT2D eigenvalue weighted by Crippen LogP contribution is -2.16. The summed E-state index contributed by atoms with van der Waals surface area (Å²) < 4.78 is 52.2. The van der Waals surface area contributed by atoms with Gasteiger partial charge in [-0.3, -0.25) is 0 Å². The van der Waals surface area contributed by atoms with Crippen LogP contribution in [0.15, 0.2) is 30.3 Å². The van der Waals surface area contributed by atoms with Crippen molar-refractivity contribution >= 4 is 0 Å². The van der Waals surface area contributed by atoms with E-state index in [0.717, 1.165) is 19.1 Å². The van der Waals surface area contributed by atoms with Gasteiger partial charge in [-0.25, -0.2) is 13.2 Å². The van der Waals surface area contributed by atoms with Crippen molar-refractivity contribution in [2.24, 2.45) is 5.92 Å². The Morgan fingerprint density at radius 1 is 1.22 bits per heavy atom. The molecule has 2 aromatic rings. The average Bonchev–Trinajstić information content (AvgIpc) is 3.26. The maximum atomic E-state index is 13.7. The van der Waals surface area contributed by atoms with Gasteiger partial charge in [0.1, 0.15) is 11.6 Å². The molecule has 0 radical (unpaired) electrons. The predicted molar refractivity (Wildman–Crippen MR) is 91.8 cm³/mol. The molecule has 0 saturated heterocycles. The first-order valence-corrected chi connectivity index (χ1v) is 8.29. The number of methoxy groups -OCH3 is 1. The molecule has 1 N–H and O–H groups in total. The molecule has 0 spiro atoms. The number of ether oxygens (including phenoxy) is 2. The van der Waals surface area contributed by atoms with Crippen LogP contribution < -0.4 is 9.47 Å². The minimum atomic E-state index is -3.04. The van der Waals surface area contributed by atoms with Crippen LogP contribution in [0.5, 0.6) is 17.2 Å². The molecule has 3 unspecified atom stereocenters. The van der Waals surface area contributed by atoms with Gasteiger partial charge in [0.15, 0.2) is 11.5 Å². The van der Waals surface area contributed by atoms with Crippen LogP contribution in [-0.2, 0) is 0 Å². The minimum Gasteiger partial charge on any atom is -0.493 e. The molecule has 1 aliphatic carbocycles. The summed E-state index contributed by atoms with van der Waals surface area (Å²) in [5.41, 5.74) is 1.19. The molecule has 0 heterocycles. The Hall–Kier alpha value is -2.72. The van der Waals surface area contributed by atoms with E-state index in [1.54, 1.807) is 19.1 Å². The smallest absolute Gasteiger partial charge is 0.251 e. The summed E-state index contributed by atoms with van der Waals surface area (Å²) in [6.07, 6.45) is -1.19. The Labute approximate surface area is 154 Å². The Bertz CT molecular complexity index is 918. The quantitative estimate of drug-likeness (QED) is 0.831. The maximum absolute atomic E-state index is 13.7.